The molecule has 2 aromatic heterocycles. The van der Waals surface area contributed by atoms with Gasteiger partial charge in [0.25, 0.3) is 5.89 Å². The molecule has 0 fully saturated rings. The van der Waals surface area contributed by atoms with Gasteiger partial charge in [-0.05, 0) is 29.8 Å². The number of aliphatic hydroxyl groups is 1. The van der Waals surface area contributed by atoms with Gasteiger partial charge in [0.1, 0.15) is 5.52 Å². The fourth-order valence-electron chi connectivity index (χ4n) is 1.58. The maximum absolute atomic E-state index is 9.01. The molecule has 16 heavy (non-hydrogen) atoms. The van der Waals surface area contributed by atoms with Gasteiger partial charge in [-0.25, -0.2) is 4.98 Å². The zero-order valence-electron chi connectivity index (χ0n) is 8.38. The number of aromatic nitrogens is 1. The molecule has 0 radical (unpaired) electrons. The second-order valence-electron chi connectivity index (χ2n) is 3.46. The zero-order valence-corrected chi connectivity index (χ0v) is 8.38. The minimum atomic E-state index is -0.00111. The lowest BCUT2D eigenvalue weighted by Crippen LogP contribution is -1.81. The van der Waals surface area contributed by atoms with Crippen LogP contribution < -0.4 is 0 Å². The molecule has 0 spiro atoms. The summed E-state index contributed by atoms with van der Waals surface area (Å²) in [5.74, 6) is 1.05. The van der Waals surface area contributed by atoms with Crippen molar-refractivity contribution in [1.82, 2.24) is 4.98 Å². The van der Waals surface area contributed by atoms with Gasteiger partial charge in [-0.15, -0.1) is 0 Å². The first-order chi connectivity index (χ1) is 7.86. The SMILES string of the molecule is OCc1ccc2oc(-c3ccco3)nc2c1. The molecule has 2 heterocycles. The molecule has 4 heteroatoms. The number of hydrogen-bond donors (Lipinski definition) is 1. The molecule has 80 valence electrons. The van der Waals surface area contributed by atoms with Gasteiger partial charge in [-0.3, -0.25) is 0 Å². The average Bonchev–Trinajstić information content (AvgIpc) is 2.96. The van der Waals surface area contributed by atoms with Gasteiger partial charge in [0.05, 0.1) is 12.9 Å². The zero-order chi connectivity index (χ0) is 11.0. The first-order valence-electron chi connectivity index (χ1n) is 4.91. The van der Waals surface area contributed by atoms with Crippen LogP contribution in [0.5, 0.6) is 0 Å². The molecule has 1 N–H and O–H groups in total. The highest BCUT2D eigenvalue weighted by Gasteiger charge is 2.10. The Hall–Kier alpha value is -2.07. The third-order valence-electron chi connectivity index (χ3n) is 2.37. The minimum Gasteiger partial charge on any atom is -0.459 e. The summed E-state index contributed by atoms with van der Waals surface area (Å²) < 4.78 is 10.7. The highest BCUT2D eigenvalue weighted by atomic mass is 16.4. The van der Waals surface area contributed by atoms with E-state index < -0.39 is 0 Å². The van der Waals surface area contributed by atoms with Crippen molar-refractivity contribution >= 4 is 11.1 Å². The minimum absolute atomic E-state index is 0.00111. The van der Waals surface area contributed by atoms with Crippen LogP contribution in [0.25, 0.3) is 22.8 Å². The van der Waals surface area contributed by atoms with E-state index in [-0.39, 0.29) is 6.61 Å². The number of nitrogens with zero attached hydrogens (tertiary/aromatic N) is 1. The Balaban J connectivity index is 2.16. The van der Waals surface area contributed by atoms with Crippen molar-refractivity contribution in [2.24, 2.45) is 0 Å². The first-order valence-corrected chi connectivity index (χ1v) is 4.91. The summed E-state index contributed by atoms with van der Waals surface area (Å²) in [7, 11) is 0. The van der Waals surface area contributed by atoms with Crippen molar-refractivity contribution in [2.45, 2.75) is 6.61 Å². The summed E-state index contributed by atoms with van der Waals surface area (Å²) in [6, 6.07) is 8.96. The van der Waals surface area contributed by atoms with Crippen LogP contribution in [0.2, 0.25) is 0 Å². The third kappa shape index (κ3) is 1.40. The maximum atomic E-state index is 9.01. The van der Waals surface area contributed by atoms with Crippen LogP contribution >= 0.6 is 0 Å². The Labute approximate surface area is 91.1 Å². The lowest BCUT2D eigenvalue weighted by atomic mass is 10.2. The molecule has 0 saturated carbocycles. The van der Waals surface area contributed by atoms with Crippen molar-refractivity contribution in [3.8, 4) is 11.7 Å². The van der Waals surface area contributed by atoms with E-state index in [1.807, 2.05) is 0 Å². The smallest absolute Gasteiger partial charge is 0.263 e. The standard InChI is InChI=1S/C12H9NO3/c14-7-8-3-4-10-9(6-8)13-12(16-10)11-2-1-5-15-11/h1-6,14H,7H2. The van der Waals surface area contributed by atoms with Crippen molar-refractivity contribution in [2.75, 3.05) is 0 Å². The topological polar surface area (TPSA) is 59.4 Å². The molecule has 0 bridgehead atoms. The summed E-state index contributed by atoms with van der Waals surface area (Å²) in [5.41, 5.74) is 2.22. The summed E-state index contributed by atoms with van der Waals surface area (Å²) in [4.78, 5) is 4.29. The van der Waals surface area contributed by atoms with Crippen LogP contribution in [-0.4, -0.2) is 10.1 Å². The molecule has 1 aromatic carbocycles. The van der Waals surface area contributed by atoms with E-state index in [4.69, 9.17) is 13.9 Å². The number of furan rings is 1. The second-order valence-corrected chi connectivity index (χ2v) is 3.46. The van der Waals surface area contributed by atoms with Gasteiger partial charge in [-0.1, -0.05) is 6.07 Å². The van der Waals surface area contributed by atoms with E-state index in [0.29, 0.717) is 17.2 Å². The molecule has 0 aliphatic rings. The summed E-state index contributed by atoms with van der Waals surface area (Å²) in [5, 5.41) is 9.01. The first kappa shape index (κ1) is 9.18. The monoisotopic (exact) mass is 215 g/mol. The van der Waals surface area contributed by atoms with E-state index in [0.717, 1.165) is 11.1 Å². The second kappa shape index (κ2) is 3.50. The lowest BCUT2D eigenvalue weighted by Gasteiger charge is -1.92. The van der Waals surface area contributed by atoms with Gasteiger partial charge < -0.3 is 13.9 Å². The molecule has 3 aromatic rings. The summed E-state index contributed by atoms with van der Waals surface area (Å²) in [6.45, 7) is -0.00111. The highest BCUT2D eigenvalue weighted by Crippen LogP contribution is 2.24. The van der Waals surface area contributed by atoms with Crippen LogP contribution in [-0.2, 0) is 6.61 Å². The summed E-state index contributed by atoms with van der Waals surface area (Å²) in [6.07, 6.45) is 1.57. The molecule has 0 saturated heterocycles. The largest absolute Gasteiger partial charge is 0.459 e. The molecule has 0 aliphatic heterocycles. The number of hydrogen-bond acceptors (Lipinski definition) is 4. The van der Waals surface area contributed by atoms with E-state index in [1.54, 1.807) is 36.6 Å². The third-order valence-corrected chi connectivity index (χ3v) is 2.37. The number of fused-ring (bicyclic) bond motifs is 1. The lowest BCUT2D eigenvalue weighted by molar-refractivity contribution is 0.282. The Kier molecular flexibility index (Phi) is 2.01. The number of rotatable bonds is 2. The molecule has 0 atom stereocenters. The Morgan fingerprint density at radius 3 is 2.94 bits per heavy atom. The van der Waals surface area contributed by atoms with Gasteiger partial charge in [-0.2, -0.15) is 0 Å². The van der Waals surface area contributed by atoms with Crippen molar-refractivity contribution in [3.05, 3.63) is 42.2 Å². The number of aliphatic hydroxyl groups excluding tert-OH is 1. The maximum Gasteiger partial charge on any atom is 0.263 e. The van der Waals surface area contributed by atoms with Crippen LogP contribution in [0.4, 0.5) is 0 Å². The van der Waals surface area contributed by atoms with Crippen LogP contribution in [0, 0.1) is 0 Å². The van der Waals surface area contributed by atoms with Gasteiger partial charge >= 0.3 is 0 Å². The molecule has 3 rings (SSSR count). The van der Waals surface area contributed by atoms with E-state index >= 15 is 0 Å². The Morgan fingerprint density at radius 1 is 1.25 bits per heavy atom. The van der Waals surface area contributed by atoms with E-state index in [2.05, 4.69) is 4.98 Å². The molecule has 4 nitrogen and oxygen atoms in total. The van der Waals surface area contributed by atoms with E-state index in [9.17, 15) is 0 Å². The van der Waals surface area contributed by atoms with Crippen LogP contribution in [0.15, 0.2) is 45.4 Å². The number of oxazole rings is 1. The summed E-state index contributed by atoms with van der Waals surface area (Å²) >= 11 is 0. The molecule has 0 aliphatic carbocycles. The van der Waals surface area contributed by atoms with Crippen LogP contribution in [0.1, 0.15) is 5.56 Å². The average molecular weight is 215 g/mol. The van der Waals surface area contributed by atoms with Crippen molar-refractivity contribution < 1.29 is 13.9 Å². The molecule has 0 unspecified atom stereocenters. The van der Waals surface area contributed by atoms with Crippen molar-refractivity contribution in [1.29, 1.82) is 0 Å². The highest BCUT2D eigenvalue weighted by molar-refractivity contribution is 5.76. The van der Waals surface area contributed by atoms with Gasteiger partial charge in [0, 0.05) is 0 Å². The molecular weight excluding hydrogens is 206 g/mol. The molecular formula is C12H9NO3. The van der Waals surface area contributed by atoms with Crippen LogP contribution in [0.3, 0.4) is 0 Å². The van der Waals surface area contributed by atoms with E-state index in [1.165, 1.54) is 0 Å². The normalized spacial score (nSPS) is 11.1. The molecule has 0 amide bonds. The predicted molar refractivity (Wildman–Crippen MR) is 57.6 cm³/mol. The fourth-order valence-corrected chi connectivity index (χ4v) is 1.58. The van der Waals surface area contributed by atoms with Crippen molar-refractivity contribution in [3.63, 3.8) is 0 Å². The Bertz CT molecular complexity index is 610. The predicted octanol–water partition coefficient (Wildman–Crippen LogP) is 2.58. The van der Waals surface area contributed by atoms with Gasteiger partial charge in [0.15, 0.2) is 11.3 Å². The fraction of sp³-hybridized carbons (Fsp3) is 0.0833. The van der Waals surface area contributed by atoms with Gasteiger partial charge in [0.2, 0.25) is 0 Å². The number of benzene rings is 1. The Morgan fingerprint density at radius 2 is 2.19 bits per heavy atom. The quantitative estimate of drug-likeness (QED) is 0.713.